The number of aliphatic hydroxyl groups excluding tert-OH is 4. The lowest BCUT2D eigenvalue weighted by atomic mass is 9.92. The Balaban J connectivity index is 5.35. The molecule has 4 unspecified atom stereocenters. The third kappa shape index (κ3) is 32.1. The summed E-state index contributed by atoms with van der Waals surface area (Å²) in [5.41, 5.74) is -0.951. The zero-order chi connectivity index (χ0) is 42.6. The average molecular weight is 825 g/mol. The number of carbonyl (C=O) groups excluding carboxylic acids is 4. The minimum atomic E-state index is -1.07. The standard InChI is InChI=1S/C37H60O20/c1-5-33(42)54-21-29(38)17-46-9-13-50-25-37(26-51-14-10-47-18-30(39)22-55-34(43)6-2,27-52-15-11-48-19-31(40)23-56-35(44)7-3)28-53-16-12-49-20-32(41)24-57-36(45)8-4/h5-8,29-32,38-41H,1-4,9-28H2. The Bertz CT molecular complexity index is 959. The van der Waals surface area contributed by atoms with Crippen LogP contribution in [0.25, 0.3) is 0 Å². The zero-order valence-corrected chi connectivity index (χ0v) is 32.4. The molecule has 4 N–H and O–H groups in total. The molecule has 0 aromatic rings. The maximum atomic E-state index is 11.2. The minimum absolute atomic E-state index is 0.0204. The summed E-state index contributed by atoms with van der Waals surface area (Å²) >= 11 is 0. The second kappa shape index (κ2) is 35.5. The Morgan fingerprint density at radius 3 is 0.754 bits per heavy atom. The number of aliphatic hydroxyl groups is 4. The number of carbonyl (C=O) groups is 4. The summed E-state index contributed by atoms with van der Waals surface area (Å²) in [6, 6.07) is 0. The third-order valence-corrected chi connectivity index (χ3v) is 6.70. The first-order valence-corrected chi connectivity index (χ1v) is 17.9. The van der Waals surface area contributed by atoms with E-state index in [1.54, 1.807) is 0 Å². The Kier molecular flexibility index (Phi) is 33.2. The molecule has 0 fully saturated rings. The van der Waals surface area contributed by atoms with Gasteiger partial charge < -0.3 is 77.3 Å². The van der Waals surface area contributed by atoms with E-state index in [-0.39, 0.29) is 132 Å². The van der Waals surface area contributed by atoms with Crippen molar-refractivity contribution in [3.8, 4) is 0 Å². The first-order chi connectivity index (χ1) is 27.4. The summed E-state index contributed by atoms with van der Waals surface area (Å²) in [5.74, 6) is -2.71. The molecule has 0 amide bonds. The van der Waals surface area contributed by atoms with Crippen LogP contribution in [0.3, 0.4) is 0 Å². The zero-order valence-electron chi connectivity index (χ0n) is 32.4. The summed E-state index contributed by atoms with van der Waals surface area (Å²) in [5, 5.41) is 39.8. The lowest BCUT2D eigenvalue weighted by Gasteiger charge is -2.33. The van der Waals surface area contributed by atoms with Gasteiger partial charge in [-0.05, 0) is 0 Å². The lowest BCUT2D eigenvalue weighted by molar-refractivity contribution is -0.142. The first-order valence-electron chi connectivity index (χ1n) is 17.9. The van der Waals surface area contributed by atoms with E-state index in [0.29, 0.717) is 0 Å². The maximum Gasteiger partial charge on any atom is 0.330 e. The molecule has 4 atom stereocenters. The van der Waals surface area contributed by atoms with E-state index in [2.05, 4.69) is 26.3 Å². The van der Waals surface area contributed by atoms with Gasteiger partial charge >= 0.3 is 23.9 Å². The highest BCUT2D eigenvalue weighted by Gasteiger charge is 2.33. The van der Waals surface area contributed by atoms with Crippen molar-refractivity contribution in [2.24, 2.45) is 5.41 Å². The van der Waals surface area contributed by atoms with Gasteiger partial charge in [0.2, 0.25) is 0 Å². The average Bonchev–Trinajstić information content (AvgIpc) is 3.21. The summed E-state index contributed by atoms with van der Waals surface area (Å²) < 4.78 is 64.5. The van der Waals surface area contributed by atoms with Crippen molar-refractivity contribution < 1.29 is 96.4 Å². The topological polar surface area (TPSA) is 260 Å². The molecule has 0 rings (SSSR count). The highest BCUT2D eigenvalue weighted by Crippen LogP contribution is 2.21. The monoisotopic (exact) mass is 824 g/mol. The lowest BCUT2D eigenvalue weighted by Crippen LogP contribution is -2.43. The third-order valence-electron chi connectivity index (χ3n) is 6.70. The second-order valence-corrected chi connectivity index (χ2v) is 12.0. The molecule has 0 aromatic carbocycles. The molecule has 0 spiro atoms. The molecule has 328 valence electrons. The molecule has 0 saturated heterocycles. The predicted molar refractivity (Wildman–Crippen MR) is 198 cm³/mol. The molecule has 0 bridgehead atoms. The molecule has 0 heterocycles. The Morgan fingerprint density at radius 2 is 0.561 bits per heavy atom. The minimum Gasteiger partial charge on any atom is -0.460 e. The molecule has 57 heavy (non-hydrogen) atoms. The van der Waals surface area contributed by atoms with Crippen LogP contribution in [0.2, 0.25) is 0 Å². The maximum absolute atomic E-state index is 11.2. The number of rotatable bonds is 40. The quantitative estimate of drug-likeness (QED) is 0.0236. The normalized spacial score (nSPS) is 14.2. The fraction of sp³-hybridized carbons (Fsp3) is 0.676. The van der Waals surface area contributed by atoms with Crippen molar-refractivity contribution in [3.63, 3.8) is 0 Å². The molecule has 0 saturated carbocycles. The van der Waals surface area contributed by atoms with Crippen molar-refractivity contribution in [3.05, 3.63) is 50.6 Å². The van der Waals surface area contributed by atoms with E-state index in [0.717, 1.165) is 24.3 Å². The van der Waals surface area contributed by atoms with E-state index < -0.39 is 53.7 Å². The summed E-state index contributed by atoms with van der Waals surface area (Å²) in [6.07, 6.45) is -0.362. The van der Waals surface area contributed by atoms with Gasteiger partial charge in [-0.3, -0.25) is 0 Å². The Morgan fingerprint density at radius 1 is 0.368 bits per heavy atom. The van der Waals surface area contributed by atoms with Gasteiger partial charge in [-0.25, -0.2) is 19.2 Å². The van der Waals surface area contributed by atoms with Crippen LogP contribution in [0.5, 0.6) is 0 Å². The largest absolute Gasteiger partial charge is 0.460 e. The van der Waals surface area contributed by atoms with Crippen molar-refractivity contribution >= 4 is 23.9 Å². The summed E-state index contributed by atoms with van der Waals surface area (Å²) in [4.78, 5) is 44.8. The van der Waals surface area contributed by atoms with Gasteiger partial charge in [-0.1, -0.05) is 26.3 Å². The van der Waals surface area contributed by atoms with Gasteiger partial charge in [0.1, 0.15) is 50.8 Å². The van der Waals surface area contributed by atoms with Crippen LogP contribution in [-0.2, 0) is 76.0 Å². The van der Waals surface area contributed by atoms with Crippen LogP contribution in [0.4, 0.5) is 0 Å². The molecular weight excluding hydrogens is 764 g/mol. The van der Waals surface area contributed by atoms with E-state index >= 15 is 0 Å². The van der Waals surface area contributed by atoms with Gasteiger partial charge in [-0.15, -0.1) is 0 Å². The van der Waals surface area contributed by atoms with Gasteiger partial charge in [-0.2, -0.15) is 0 Å². The first kappa shape index (κ1) is 53.4. The highest BCUT2D eigenvalue weighted by atomic mass is 16.6. The fourth-order valence-electron chi connectivity index (χ4n) is 3.90. The Labute approximate surface area is 332 Å². The van der Waals surface area contributed by atoms with Crippen LogP contribution in [-0.4, -0.2) is 201 Å². The van der Waals surface area contributed by atoms with Crippen LogP contribution >= 0.6 is 0 Å². The van der Waals surface area contributed by atoms with Crippen LogP contribution < -0.4 is 0 Å². The van der Waals surface area contributed by atoms with Crippen molar-refractivity contribution in [2.45, 2.75) is 24.4 Å². The van der Waals surface area contributed by atoms with Crippen LogP contribution in [0.15, 0.2) is 50.6 Å². The highest BCUT2D eigenvalue weighted by molar-refractivity contribution is 5.82. The fourth-order valence-corrected chi connectivity index (χ4v) is 3.90. The second-order valence-electron chi connectivity index (χ2n) is 12.0. The molecule has 0 aliphatic heterocycles. The molecule has 0 aliphatic rings. The van der Waals surface area contributed by atoms with Crippen molar-refractivity contribution in [1.29, 1.82) is 0 Å². The van der Waals surface area contributed by atoms with E-state index in [1.807, 2.05) is 0 Å². The molecule has 20 nitrogen and oxygen atoms in total. The smallest absolute Gasteiger partial charge is 0.330 e. The predicted octanol–water partition coefficient (Wildman–Crippen LogP) is -1.53. The van der Waals surface area contributed by atoms with E-state index in [9.17, 15) is 39.6 Å². The van der Waals surface area contributed by atoms with Crippen LogP contribution in [0, 0.1) is 5.41 Å². The van der Waals surface area contributed by atoms with Gasteiger partial charge in [0.25, 0.3) is 0 Å². The van der Waals surface area contributed by atoms with Gasteiger partial charge in [0, 0.05) is 24.3 Å². The number of hydrogen-bond donors (Lipinski definition) is 4. The molecular formula is C37H60O20. The van der Waals surface area contributed by atoms with Crippen LogP contribution in [0.1, 0.15) is 0 Å². The molecule has 20 heteroatoms. The van der Waals surface area contributed by atoms with E-state index in [4.69, 9.17) is 56.8 Å². The Hall–Kier alpha value is -3.64. The van der Waals surface area contributed by atoms with Gasteiger partial charge in [0.15, 0.2) is 0 Å². The summed E-state index contributed by atoms with van der Waals surface area (Å²) in [6.45, 7) is 12.2. The van der Waals surface area contributed by atoms with E-state index in [1.165, 1.54) is 0 Å². The SMILES string of the molecule is C=CC(=O)OCC(O)COCCOCC(COCCOCC(O)COC(=O)C=C)(COCCOCC(O)COC(=O)C=C)COCCOCC(O)COC(=O)C=C. The summed E-state index contributed by atoms with van der Waals surface area (Å²) in [7, 11) is 0. The van der Waals surface area contributed by atoms with Crippen molar-refractivity contribution in [2.75, 3.05) is 132 Å². The number of esters is 4. The molecule has 0 aliphatic carbocycles. The van der Waals surface area contributed by atoms with Gasteiger partial charge in [0.05, 0.1) is 111 Å². The number of hydrogen-bond acceptors (Lipinski definition) is 20. The molecule has 0 aromatic heterocycles. The van der Waals surface area contributed by atoms with Crippen molar-refractivity contribution in [1.82, 2.24) is 0 Å². The number of ether oxygens (including phenoxy) is 12. The molecule has 0 radical (unpaired) electrons.